The van der Waals surface area contributed by atoms with Gasteiger partial charge in [-0.05, 0) is 60.6 Å². The number of aromatic amines is 1. The Balaban J connectivity index is 1.26. The number of aliphatic hydroxyl groups is 1. The molecule has 2 aliphatic rings. The van der Waals surface area contributed by atoms with Crippen LogP contribution in [0.2, 0.25) is 10.0 Å². The van der Waals surface area contributed by atoms with Crippen molar-refractivity contribution < 1.29 is 9.90 Å². The van der Waals surface area contributed by atoms with E-state index in [4.69, 9.17) is 23.2 Å². The van der Waals surface area contributed by atoms with E-state index in [-0.39, 0.29) is 23.9 Å². The van der Waals surface area contributed by atoms with Gasteiger partial charge in [-0.3, -0.25) is 5.10 Å². The molecular weight excluding hydrogens is 399 g/mol. The number of halogens is 2. The Labute approximate surface area is 171 Å². The van der Waals surface area contributed by atoms with Crippen molar-refractivity contribution in [2.24, 2.45) is 11.8 Å². The molecule has 4 N–H and O–H groups in total. The molecule has 0 unspecified atom stereocenters. The van der Waals surface area contributed by atoms with Crippen molar-refractivity contribution in [3.8, 4) is 0 Å². The molecule has 0 bridgehead atoms. The van der Waals surface area contributed by atoms with Crippen LogP contribution in [0.15, 0.2) is 42.6 Å². The Morgan fingerprint density at radius 3 is 2.71 bits per heavy atom. The maximum atomic E-state index is 12.3. The maximum absolute atomic E-state index is 12.3. The third-order valence-corrected chi connectivity index (χ3v) is 6.34. The zero-order valence-electron chi connectivity index (χ0n) is 14.7. The fraction of sp³-hybridized carbons (Fsp3) is 0.300. The first-order chi connectivity index (χ1) is 13.4. The molecule has 2 saturated carbocycles. The molecule has 2 aromatic carbocycles. The lowest BCUT2D eigenvalue weighted by Crippen LogP contribution is -2.36. The lowest BCUT2D eigenvalue weighted by molar-refractivity contribution is 0.0300. The largest absolute Gasteiger partial charge is 0.385 e. The summed E-state index contributed by atoms with van der Waals surface area (Å²) in [5.74, 6) is 0.493. The fourth-order valence-electron chi connectivity index (χ4n) is 4.58. The first-order valence-electron chi connectivity index (χ1n) is 9.11. The average Bonchev–Trinajstić information content (AvgIpc) is 3.01. The number of carbonyl (C=O) groups is 1. The van der Waals surface area contributed by atoms with Crippen LogP contribution in [-0.4, -0.2) is 27.4 Å². The molecule has 0 saturated heterocycles. The SMILES string of the molecule is O=C(Nc1cccc(Cl)c1)N[C@H]1[C@@H]2C[C@@](O)(c3cc(Cl)cc4[nH]ncc34)C[C@@H]21. The van der Waals surface area contributed by atoms with Gasteiger partial charge < -0.3 is 15.7 Å². The Hall–Kier alpha value is -2.28. The minimum atomic E-state index is -0.954. The minimum Gasteiger partial charge on any atom is -0.385 e. The van der Waals surface area contributed by atoms with E-state index in [1.807, 2.05) is 6.07 Å². The first kappa shape index (κ1) is 17.8. The highest BCUT2D eigenvalue weighted by molar-refractivity contribution is 6.31. The third kappa shape index (κ3) is 3.02. The van der Waals surface area contributed by atoms with E-state index in [9.17, 15) is 9.90 Å². The zero-order chi connectivity index (χ0) is 19.5. The summed E-state index contributed by atoms with van der Waals surface area (Å²) >= 11 is 12.2. The second kappa shape index (κ2) is 6.37. The van der Waals surface area contributed by atoms with Gasteiger partial charge in [0.05, 0.1) is 17.3 Å². The second-order valence-electron chi connectivity index (χ2n) is 7.69. The van der Waals surface area contributed by atoms with Gasteiger partial charge in [0, 0.05) is 27.2 Å². The summed E-state index contributed by atoms with van der Waals surface area (Å²) in [5.41, 5.74) is 1.31. The molecule has 28 heavy (non-hydrogen) atoms. The molecule has 0 spiro atoms. The highest BCUT2D eigenvalue weighted by Gasteiger charge is 2.62. The highest BCUT2D eigenvalue weighted by Crippen LogP contribution is 2.60. The van der Waals surface area contributed by atoms with Crippen LogP contribution in [0.4, 0.5) is 10.5 Å². The van der Waals surface area contributed by atoms with Crippen LogP contribution in [0.3, 0.4) is 0 Å². The predicted molar refractivity (Wildman–Crippen MR) is 109 cm³/mol. The van der Waals surface area contributed by atoms with Crippen molar-refractivity contribution in [1.82, 2.24) is 15.5 Å². The molecule has 2 aliphatic carbocycles. The van der Waals surface area contributed by atoms with Crippen molar-refractivity contribution in [3.63, 3.8) is 0 Å². The lowest BCUT2D eigenvalue weighted by atomic mass is 9.86. The van der Waals surface area contributed by atoms with E-state index in [0.717, 1.165) is 16.5 Å². The maximum Gasteiger partial charge on any atom is 0.319 e. The van der Waals surface area contributed by atoms with E-state index in [1.165, 1.54) is 0 Å². The summed E-state index contributed by atoms with van der Waals surface area (Å²) < 4.78 is 0. The molecule has 4 atom stereocenters. The van der Waals surface area contributed by atoms with Crippen molar-refractivity contribution in [2.75, 3.05) is 5.32 Å². The Morgan fingerprint density at radius 1 is 1.18 bits per heavy atom. The predicted octanol–water partition coefficient (Wildman–Crippen LogP) is 4.29. The molecule has 144 valence electrons. The summed E-state index contributed by atoms with van der Waals surface area (Å²) in [6.07, 6.45) is 2.89. The van der Waals surface area contributed by atoms with Crippen LogP contribution in [0.5, 0.6) is 0 Å². The van der Waals surface area contributed by atoms with Crippen molar-refractivity contribution in [3.05, 3.63) is 58.2 Å². The number of hydrogen-bond acceptors (Lipinski definition) is 3. The molecule has 1 heterocycles. The standard InChI is InChI=1S/C20H18Cl2N4O2/c21-10-2-1-3-12(4-10)24-19(27)25-18-13-7-20(28,8-14(13)18)16-5-11(22)6-17-15(16)9-23-26-17/h1-6,9,13-14,18,28H,7-8H2,(H,23,26)(H2,24,25,27)/t13-,14+,18+,20+. The van der Waals surface area contributed by atoms with E-state index in [0.29, 0.717) is 28.6 Å². The smallest absolute Gasteiger partial charge is 0.319 e. The van der Waals surface area contributed by atoms with Gasteiger partial charge in [0.2, 0.25) is 0 Å². The number of nitrogens with one attached hydrogen (secondary N) is 3. The van der Waals surface area contributed by atoms with Crippen LogP contribution in [-0.2, 0) is 5.60 Å². The quantitative estimate of drug-likeness (QED) is 0.513. The molecule has 0 radical (unpaired) electrons. The number of benzene rings is 2. The minimum absolute atomic E-state index is 0.0680. The normalized spacial score (nSPS) is 28.2. The highest BCUT2D eigenvalue weighted by atomic mass is 35.5. The summed E-state index contributed by atoms with van der Waals surface area (Å²) in [7, 11) is 0. The van der Waals surface area contributed by atoms with E-state index < -0.39 is 5.60 Å². The Kier molecular flexibility index (Phi) is 4.05. The van der Waals surface area contributed by atoms with Crippen LogP contribution in [0.1, 0.15) is 18.4 Å². The molecule has 2 fully saturated rings. The number of carbonyl (C=O) groups excluding carboxylic acids is 1. The molecular formula is C20H18Cl2N4O2. The van der Waals surface area contributed by atoms with Gasteiger partial charge in [0.25, 0.3) is 0 Å². The van der Waals surface area contributed by atoms with Crippen molar-refractivity contribution in [2.45, 2.75) is 24.5 Å². The number of rotatable bonds is 3. The number of hydrogen-bond donors (Lipinski definition) is 4. The summed E-state index contributed by atoms with van der Waals surface area (Å²) in [4.78, 5) is 12.3. The molecule has 5 rings (SSSR count). The van der Waals surface area contributed by atoms with Crippen LogP contribution in [0, 0.1) is 11.8 Å². The van der Waals surface area contributed by atoms with Gasteiger partial charge in [-0.15, -0.1) is 0 Å². The zero-order valence-corrected chi connectivity index (χ0v) is 16.3. The number of H-pyrrole nitrogens is 1. The summed E-state index contributed by atoms with van der Waals surface area (Å²) in [6.45, 7) is 0. The number of aromatic nitrogens is 2. The number of anilines is 1. The lowest BCUT2D eigenvalue weighted by Gasteiger charge is -2.27. The first-order valence-corrected chi connectivity index (χ1v) is 9.87. The van der Waals surface area contributed by atoms with E-state index in [2.05, 4.69) is 20.8 Å². The topological polar surface area (TPSA) is 90.0 Å². The van der Waals surface area contributed by atoms with Gasteiger partial charge in [0.1, 0.15) is 0 Å². The number of amides is 2. The summed E-state index contributed by atoms with van der Waals surface area (Å²) in [6, 6.07) is 10.4. The molecule has 0 aliphatic heterocycles. The molecule has 2 amide bonds. The number of urea groups is 1. The second-order valence-corrected chi connectivity index (χ2v) is 8.56. The van der Waals surface area contributed by atoms with Crippen molar-refractivity contribution >= 4 is 45.8 Å². The van der Waals surface area contributed by atoms with Crippen LogP contribution >= 0.6 is 23.2 Å². The molecule has 1 aromatic heterocycles. The monoisotopic (exact) mass is 416 g/mol. The van der Waals surface area contributed by atoms with Gasteiger partial charge in [0.15, 0.2) is 0 Å². The summed E-state index contributed by atoms with van der Waals surface area (Å²) in [5, 5.41) is 26.1. The van der Waals surface area contributed by atoms with Gasteiger partial charge in [-0.25, -0.2) is 4.79 Å². The third-order valence-electron chi connectivity index (χ3n) is 5.88. The van der Waals surface area contributed by atoms with Gasteiger partial charge in [-0.1, -0.05) is 29.3 Å². The average molecular weight is 417 g/mol. The van der Waals surface area contributed by atoms with E-state index in [1.54, 1.807) is 36.5 Å². The fourth-order valence-corrected chi connectivity index (χ4v) is 4.99. The molecule has 6 nitrogen and oxygen atoms in total. The molecule has 8 heteroatoms. The Morgan fingerprint density at radius 2 is 1.96 bits per heavy atom. The van der Waals surface area contributed by atoms with Crippen LogP contribution in [0.25, 0.3) is 10.9 Å². The van der Waals surface area contributed by atoms with Gasteiger partial charge >= 0.3 is 6.03 Å². The van der Waals surface area contributed by atoms with Crippen LogP contribution < -0.4 is 10.6 Å². The molecule has 3 aromatic rings. The Bertz CT molecular complexity index is 1070. The number of fused-ring (bicyclic) bond motifs is 2. The number of nitrogens with zero attached hydrogens (tertiary/aromatic N) is 1. The van der Waals surface area contributed by atoms with E-state index >= 15 is 0 Å². The van der Waals surface area contributed by atoms with Crippen molar-refractivity contribution in [1.29, 1.82) is 0 Å². The van der Waals surface area contributed by atoms with Gasteiger partial charge in [-0.2, -0.15) is 5.10 Å².